The van der Waals surface area contributed by atoms with Crippen LogP contribution in [-0.4, -0.2) is 32.2 Å². The van der Waals surface area contributed by atoms with E-state index in [2.05, 4.69) is 5.32 Å². The molecule has 0 spiro atoms. The minimum atomic E-state index is -0.253. The number of carbonyl (C=O) groups is 1. The normalized spacial score (nSPS) is 16.6. The minimum absolute atomic E-state index is 0.0965. The standard InChI is InChI=1S/C16H24N2O3/c1-11-8-13(20-2)14(21-3)9-12(11)15(19)18-16(10-17)6-4-5-7-16/h8-9H,4-7,10,17H2,1-3H3,(H,18,19). The molecule has 0 unspecified atom stereocenters. The van der Waals surface area contributed by atoms with Crippen molar-refractivity contribution in [2.24, 2.45) is 5.73 Å². The molecule has 1 fully saturated rings. The summed E-state index contributed by atoms with van der Waals surface area (Å²) in [5.41, 5.74) is 7.08. The van der Waals surface area contributed by atoms with Gasteiger partial charge >= 0.3 is 0 Å². The predicted molar refractivity (Wildman–Crippen MR) is 82.0 cm³/mol. The van der Waals surface area contributed by atoms with Gasteiger partial charge in [0.25, 0.3) is 5.91 Å². The molecule has 1 aliphatic carbocycles. The van der Waals surface area contributed by atoms with Gasteiger partial charge in [0.15, 0.2) is 11.5 Å². The summed E-state index contributed by atoms with van der Waals surface area (Å²) in [6.45, 7) is 2.37. The summed E-state index contributed by atoms with van der Waals surface area (Å²) < 4.78 is 10.5. The van der Waals surface area contributed by atoms with Gasteiger partial charge in [-0.1, -0.05) is 12.8 Å². The van der Waals surface area contributed by atoms with Gasteiger partial charge in [0.05, 0.1) is 19.8 Å². The number of amides is 1. The van der Waals surface area contributed by atoms with Crippen LogP contribution in [0.2, 0.25) is 0 Å². The van der Waals surface area contributed by atoms with Crippen LogP contribution in [0.15, 0.2) is 12.1 Å². The Balaban J connectivity index is 2.26. The lowest BCUT2D eigenvalue weighted by Gasteiger charge is -2.29. The van der Waals surface area contributed by atoms with E-state index < -0.39 is 0 Å². The number of carbonyl (C=O) groups excluding carboxylic acids is 1. The Bertz CT molecular complexity index is 522. The molecule has 3 N–H and O–H groups in total. The molecule has 0 atom stereocenters. The molecule has 0 aromatic heterocycles. The molecule has 0 radical (unpaired) electrons. The van der Waals surface area contributed by atoms with E-state index >= 15 is 0 Å². The van der Waals surface area contributed by atoms with Gasteiger partial charge < -0.3 is 20.5 Å². The number of hydrogen-bond acceptors (Lipinski definition) is 4. The topological polar surface area (TPSA) is 73.6 Å². The Hall–Kier alpha value is -1.75. The van der Waals surface area contributed by atoms with Gasteiger partial charge in [0, 0.05) is 12.1 Å². The molecule has 5 nitrogen and oxygen atoms in total. The van der Waals surface area contributed by atoms with Crippen molar-refractivity contribution in [2.45, 2.75) is 38.1 Å². The molecule has 0 aliphatic heterocycles. The molecule has 1 amide bonds. The quantitative estimate of drug-likeness (QED) is 0.870. The summed E-state index contributed by atoms with van der Waals surface area (Å²) in [6, 6.07) is 3.54. The van der Waals surface area contributed by atoms with Crippen LogP contribution in [-0.2, 0) is 0 Å². The lowest BCUT2D eigenvalue weighted by Crippen LogP contribution is -2.51. The minimum Gasteiger partial charge on any atom is -0.493 e. The van der Waals surface area contributed by atoms with Crippen molar-refractivity contribution in [3.63, 3.8) is 0 Å². The molecule has 0 heterocycles. The van der Waals surface area contributed by atoms with Crippen molar-refractivity contribution >= 4 is 5.91 Å². The van der Waals surface area contributed by atoms with E-state index in [1.54, 1.807) is 20.3 Å². The molecule has 2 rings (SSSR count). The number of hydrogen-bond donors (Lipinski definition) is 2. The number of methoxy groups -OCH3 is 2. The zero-order valence-electron chi connectivity index (χ0n) is 13.0. The van der Waals surface area contributed by atoms with Gasteiger partial charge in [0.2, 0.25) is 0 Å². The van der Waals surface area contributed by atoms with Crippen molar-refractivity contribution in [3.05, 3.63) is 23.3 Å². The van der Waals surface area contributed by atoms with E-state index in [0.29, 0.717) is 23.6 Å². The molecule has 21 heavy (non-hydrogen) atoms. The highest BCUT2D eigenvalue weighted by atomic mass is 16.5. The zero-order chi connectivity index (χ0) is 15.5. The van der Waals surface area contributed by atoms with Crippen LogP contribution in [0.3, 0.4) is 0 Å². The highest BCUT2D eigenvalue weighted by molar-refractivity contribution is 5.97. The van der Waals surface area contributed by atoms with Gasteiger partial charge in [-0.3, -0.25) is 4.79 Å². The summed E-state index contributed by atoms with van der Waals surface area (Å²) in [5.74, 6) is 1.09. The number of aryl methyl sites for hydroxylation is 1. The van der Waals surface area contributed by atoms with E-state index in [0.717, 1.165) is 31.2 Å². The largest absolute Gasteiger partial charge is 0.493 e. The maximum absolute atomic E-state index is 12.6. The number of rotatable bonds is 5. The van der Waals surface area contributed by atoms with Crippen molar-refractivity contribution in [2.75, 3.05) is 20.8 Å². The van der Waals surface area contributed by atoms with Gasteiger partial charge in [-0.25, -0.2) is 0 Å². The molecule has 1 aromatic carbocycles. The Morgan fingerprint density at radius 3 is 2.33 bits per heavy atom. The van der Waals surface area contributed by atoms with Crippen LogP contribution < -0.4 is 20.5 Å². The van der Waals surface area contributed by atoms with E-state index in [4.69, 9.17) is 15.2 Å². The number of benzene rings is 1. The maximum atomic E-state index is 12.6. The van der Waals surface area contributed by atoms with Crippen molar-refractivity contribution in [1.29, 1.82) is 0 Å². The third-order valence-corrected chi connectivity index (χ3v) is 4.31. The Kier molecular flexibility index (Phi) is 4.73. The molecular weight excluding hydrogens is 268 g/mol. The SMILES string of the molecule is COc1cc(C)c(C(=O)NC2(CN)CCCC2)cc1OC. The van der Waals surface area contributed by atoms with Crippen LogP contribution in [0, 0.1) is 6.92 Å². The highest BCUT2D eigenvalue weighted by Gasteiger charge is 2.34. The third-order valence-electron chi connectivity index (χ3n) is 4.31. The Morgan fingerprint density at radius 1 is 1.24 bits per heavy atom. The van der Waals surface area contributed by atoms with Crippen molar-refractivity contribution in [3.8, 4) is 11.5 Å². The molecule has 1 aromatic rings. The highest BCUT2D eigenvalue weighted by Crippen LogP contribution is 2.32. The third kappa shape index (κ3) is 3.13. The lowest BCUT2D eigenvalue weighted by atomic mass is 9.96. The second-order valence-electron chi connectivity index (χ2n) is 5.67. The van der Waals surface area contributed by atoms with Gasteiger partial charge in [-0.15, -0.1) is 0 Å². The van der Waals surface area contributed by atoms with Crippen LogP contribution in [0.25, 0.3) is 0 Å². The van der Waals surface area contributed by atoms with Gasteiger partial charge in [-0.05, 0) is 37.5 Å². The Labute approximate surface area is 125 Å². The molecule has 0 saturated heterocycles. The van der Waals surface area contributed by atoms with Crippen LogP contribution in [0.1, 0.15) is 41.6 Å². The summed E-state index contributed by atoms with van der Waals surface area (Å²) in [6.07, 6.45) is 4.12. The number of nitrogens with one attached hydrogen (secondary N) is 1. The maximum Gasteiger partial charge on any atom is 0.252 e. The summed E-state index contributed by atoms with van der Waals surface area (Å²) in [4.78, 5) is 12.6. The smallest absolute Gasteiger partial charge is 0.252 e. The van der Waals surface area contributed by atoms with E-state index in [1.165, 1.54) is 0 Å². The van der Waals surface area contributed by atoms with E-state index in [1.807, 2.05) is 13.0 Å². The average Bonchev–Trinajstić information content (AvgIpc) is 2.95. The second-order valence-corrected chi connectivity index (χ2v) is 5.67. The van der Waals surface area contributed by atoms with Gasteiger partial charge in [0.1, 0.15) is 0 Å². The fourth-order valence-corrected chi connectivity index (χ4v) is 2.97. The monoisotopic (exact) mass is 292 g/mol. The Morgan fingerprint density at radius 2 is 1.81 bits per heavy atom. The van der Waals surface area contributed by atoms with Crippen molar-refractivity contribution < 1.29 is 14.3 Å². The molecule has 5 heteroatoms. The predicted octanol–water partition coefficient (Wildman–Crippen LogP) is 2.01. The summed E-state index contributed by atoms with van der Waals surface area (Å²) >= 11 is 0. The van der Waals surface area contributed by atoms with Gasteiger partial charge in [-0.2, -0.15) is 0 Å². The first-order valence-corrected chi connectivity index (χ1v) is 7.30. The number of nitrogens with two attached hydrogens (primary N) is 1. The molecule has 0 bridgehead atoms. The fourth-order valence-electron chi connectivity index (χ4n) is 2.97. The van der Waals surface area contributed by atoms with Crippen molar-refractivity contribution in [1.82, 2.24) is 5.32 Å². The second kappa shape index (κ2) is 6.35. The zero-order valence-corrected chi connectivity index (χ0v) is 13.0. The summed E-state index contributed by atoms with van der Waals surface area (Å²) in [5, 5.41) is 3.13. The van der Waals surface area contributed by atoms with Crippen LogP contribution in [0.5, 0.6) is 11.5 Å². The first-order chi connectivity index (χ1) is 10.0. The summed E-state index contributed by atoms with van der Waals surface area (Å²) in [7, 11) is 3.15. The first-order valence-electron chi connectivity index (χ1n) is 7.30. The fraction of sp³-hybridized carbons (Fsp3) is 0.562. The first kappa shape index (κ1) is 15.6. The average molecular weight is 292 g/mol. The molecule has 1 aliphatic rings. The molecule has 116 valence electrons. The van der Waals surface area contributed by atoms with Crippen LogP contribution in [0.4, 0.5) is 0 Å². The van der Waals surface area contributed by atoms with Crippen LogP contribution >= 0.6 is 0 Å². The molecular formula is C16H24N2O3. The van der Waals surface area contributed by atoms with E-state index in [9.17, 15) is 4.79 Å². The van der Waals surface area contributed by atoms with E-state index in [-0.39, 0.29) is 11.4 Å². The lowest BCUT2D eigenvalue weighted by molar-refractivity contribution is 0.0902. The molecule has 1 saturated carbocycles. The number of ether oxygens (including phenoxy) is 2.